The summed E-state index contributed by atoms with van der Waals surface area (Å²) in [4.78, 5) is 11.6. The summed E-state index contributed by atoms with van der Waals surface area (Å²) in [6.45, 7) is -0.246. The number of carbonyl (C=O) groups is 1. The summed E-state index contributed by atoms with van der Waals surface area (Å²) in [5.74, 6) is -0.0305. The maximum atomic E-state index is 11.8. The van der Waals surface area contributed by atoms with Gasteiger partial charge in [0.2, 0.25) is 10.0 Å². The third-order valence-corrected chi connectivity index (χ3v) is 4.66. The molecule has 0 heterocycles. The van der Waals surface area contributed by atoms with Crippen LogP contribution in [0.1, 0.15) is 5.56 Å². The summed E-state index contributed by atoms with van der Waals surface area (Å²) in [5.41, 5.74) is 0.741. The van der Waals surface area contributed by atoms with E-state index in [1.165, 1.54) is 6.08 Å². The molecule has 0 bridgehead atoms. The maximum absolute atomic E-state index is 11.8. The molecule has 138 valence electrons. The predicted molar refractivity (Wildman–Crippen MR) is 103 cm³/mol. The molecule has 2 rings (SSSR count). The van der Waals surface area contributed by atoms with Crippen LogP contribution in [0.25, 0.3) is 6.08 Å². The van der Waals surface area contributed by atoms with E-state index in [0.29, 0.717) is 5.75 Å². The van der Waals surface area contributed by atoms with Gasteiger partial charge in [0.1, 0.15) is 25.5 Å². The number of halogens is 1. The molecular weight excluding hydrogens is 422 g/mol. The number of benzene rings is 2. The van der Waals surface area contributed by atoms with E-state index < -0.39 is 22.5 Å². The van der Waals surface area contributed by atoms with Gasteiger partial charge in [0.25, 0.3) is 0 Å². The van der Waals surface area contributed by atoms with E-state index in [9.17, 15) is 13.2 Å². The second-order valence-corrected chi connectivity index (χ2v) is 7.67. The Morgan fingerprint density at radius 1 is 1.04 bits per heavy atom. The molecule has 1 N–H and O–H groups in total. The quantitative estimate of drug-likeness (QED) is 0.479. The highest BCUT2D eigenvalue weighted by molar-refractivity contribution is 9.10. The van der Waals surface area contributed by atoms with Crippen molar-refractivity contribution < 1.29 is 22.7 Å². The predicted octanol–water partition coefficient (Wildman–Crippen LogP) is 2.96. The van der Waals surface area contributed by atoms with Gasteiger partial charge in [-0.25, -0.2) is 13.1 Å². The fourth-order valence-corrected chi connectivity index (χ4v) is 2.85. The number of esters is 1. The van der Waals surface area contributed by atoms with Crippen LogP contribution in [0.15, 0.2) is 64.5 Å². The lowest BCUT2D eigenvalue weighted by Gasteiger charge is -2.08. The van der Waals surface area contributed by atoms with E-state index in [1.807, 2.05) is 18.2 Å². The van der Waals surface area contributed by atoms with Crippen molar-refractivity contribution in [2.45, 2.75) is 0 Å². The smallest absolute Gasteiger partial charge is 0.321 e. The molecule has 0 aliphatic heterocycles. The highest BCUT2D eigenvalue weighted by Crippen LogP contribution is 2.15. The van der Waals surface area contributed by atoms with Crippen LogP contribution in [0.3, 0.4) is 0 Å². The van der Waals surface area contributed by atoms with Crippen molar-refractivity contribution in [2.24, 2.45) is 0 Å². The fourth-order valence-electron chi connectivity index (χ4n) is 1.84. The van der Waals surface area contributed by atoms with Gasteiger partial charge in [0.15, 0.2) is 0 Å². The number of carbonyl (C=O) groups excluding carboxylic acids is 1. The molecule has 0 unspecified atom stereocenters. The molecule has 2 aromatic rings. The number of hydrogen-bond acceptors (Lipinski definition) is 5. The molecule has 8 heteroatoms. The lowest BCUT2D eigenvalue weighted by Crippen LogP contribution is -2.30. The monoisotopic (exact) mass is 439 g/mol. The second-order valence-electron chi connectivity index (χ2n) is 5.10. The molecule has 0 atom stereocenters. The van der Waals surface area contributed by atoms with Crippen molar-refractivity contribution in [3.05, 3.63) is 70.0 Å². The Balaban J connectivity index is 1.67. The van der Waals surface area contributed by atoms with Gasteiger partial charge in [-0.05, 0) is 35.9 Å². The van der Waals surface area contributed by atoms with E-state index >= 15 is 0 Å². The van der Waals surface area contributed by atoms with Gasteiger partial charge in [-0.2, -0.15) is 0 Å². The number of hydrogen-bond donors (Lipinski definition) is 1. The van der Waals surface area contributed by atoms with Crippen LogP contribution in [-0.2, 0) is 19.6 Å². The van der Waals surface area contributed by atoms with Crippen molar-refractivity contribution in [1.82, 2.24) is 4.72 Å². The molecular formula is C18H18BrNO5S. The van der Waals surface area contributed by atoms with E-state index in [4.69, 9.17) is 9.47 Å². The van der Waals surface area contributed by atoms with Crippen molar-refractivity contribution in [3.8, 4) is 5.75 Å². The summed E-state index contributed by atoms with van der Waals surface area (Å²) in [6, 6.07) is 16.2. The third kappa shape index (κ3) is 7.81. The first-order chi connectivity index (χ1) is 12.4. The fraction of sp³-hybridized carbons (Fsp3) is 0.167. The van der Waals surface area contributed by atoms with Gasteiger partial charge in [-0.1, -0.05) is 46.3 Å². The van der Waals surface area contributed by atoms with E-state index in [0.717, 1.165) is 15.4 Å². The lowest BCUT2D eigenvalue weighted by molar-refractivity contribution is -0.142. The number of sulfonamides is 1. The van der Waals surface area contributed by atoms with Crippen molar-refractivity contribution in [2.75, 3.05) is 19.8 Å². The molecule has 6 nitrogen and oxygen atoms in total. The normalized spacial score (nSPS) is 11.4. The van der Waals surface area contributed by atoms with Gasteiger partial charge in [0.05, 0.1) is 0 Å². The van der Waals surface area contributed by atoms with Gasteiger partial charge in [-0.15, -0.1) is 0 Å². The van der Waals surface area contributed by atoms with Crippen LogP contribution in [0.2, 0.25) is 0 Å². The molecule has 0 fully saturated rings. The Labute approximate surface area is 161 Å². The Morgan fingerprint density at radius 2 is 1.73 bits per heavy atom. The molecule has 0 saturated heterocycles. The van der Waals surface area contributed by atoms with E-state index in [-0.39, 0.29) is 13.2 Å². The van der Waals surface area contributed by atoms with Crippen LogP contribution in [0.5, 0.6) is 5.75 Å². The lowest BCUT2D eigenvalue weighted by atomic mass is 10.2. The van der Waals surface area contributed by atoms with Crippen LogP contribution in [0.4, 0.5) is 0 Å². The molecule has 0 aliphatic carbocycles. The summed E-state index contributed by atoms with van der Waals surface area (Å²) in [6.07, 6.45) is 1.44. The molecule has 26 heavy (non-hydrogen) atoms. The Hall–Kier alpha value is -2.16. The number of rotatable bonds is 9. The summed E-state index contributed by atoms with van der Waals surface area (Å²) >= 11 is 3.32. The highest BCUT2D eigenvalue weighted by Gasteiger charge is 2.09. The Bertz CT molecular complexity index is 836. The van der Waals surface area contributed by atoms with Gasteiger partial charge < -0.3 is 9.47 Å². The van der Waals surface area contributed by atoms with Gasteiger partial charge >= 0.3 is 5.97 Å². The second kappa shape index (κ2) is 10.1. The minimum absolute atomic E-state index is 0.0243. The molecule has 0 spiro atoms. The topological polar surface area (TPSA) is 81.7 Å². The number of ether oxygens (including phenoxy) is 2. The van der Waals surface area contributed by atoms with Crippen LogP contribution in [-0.4, -0.2) is 34.1 Å². The van der Waals surface area contributed by atoms with Crippen LogP contribution >= 0.6 is 15.9 Å². The minimum atomic E-state index is -3.72. The minimum Gasteiger partial charge on any atom is -0.490 e. The summed E-state index contributed by atoms with van der Waals surface area (Å²) in [5, 5.41) is 1.01. The van der Waals surface area contributed by atoms with Gasteiger partial charge in [0, 0.05) is 9.88 Å². The molecule has 0 amide bonds. The van der Waals surface area contributed by atoms with Gasteiger partial charge in [-0.3, -0.25) is 4.79 Å². The SMILES string of the molecule is O=C(CNS(=O)(=O)/C=C/c1ccccc1)OCCOc1ccc(Br)cc1. The first-order valence-electron chi connectivity index (χ1n) is 7.71. The third-order valence-electron chi connectivity index (χ3n) is 3.09. The Kier molecular flexibility index (Phi) is 7.83. The molecule has 0 aromatic heterocycles. The highest BCUT2D eigenvalue weighted by atomic mass is 79.9. The standard InChI is InChI=1S/C18H18BrNO5S/c19-16-6-8-17(9-7-16)24-11-12-25-18(21)14-20-26(22,23)13-10-15-4-2-1-3-5-15/h1-10,13,20H,11-12,14H2/b13-10+. The average Bonchev–Trinajstić information content (AvgIpc) is 2.64. The van der Waals surface area contributed by atoms with Crippen molar-refractivity contribution in [3.63, 3.8) is 0 Å². The Morgan fingerprint density at radius 3 is 2.42 bits per heavy atom. The van der Waals surface area contributed by atoms with Crippen LogP contribution < -0.4 is 9.46 Å². The summed E-state index contributed by atoms with van der Waals surface area (Å²) in [7, 11) is -3.72. The first-order valence-corrected chi connectivity index (χ1v) is 10.1. The van der Waals surface area contributed by atoms with Crippen molar-refractivity contribution in [1.29, 1.82) is 0 Å². The number of nitrogens with one attached hydrogen (secondary N) is 1. The van der Waals surface area contributed by atoms with E-state index in [2.05, 4.69) is 20.7 Å². The molecule has 0 saturated carbocycles. The molecule has 0 radical (unpaired) electrons. The largest absolute Gasteiger partial charge is 0.490 e. The van der Waals surface area contributed by atoms with Crippen molar-refractivity contribution >= 4 is 38.0 Å². The zero-order valence-electron chi connectivity index (χ0n) is 13.8. The zero-order chi connectivity index (χ0) is 18.8. The van der Waals surface area contributed by atoms with E-state index in [1.54, 1.807) is 36.4 Å². The maximum Gasteiger partial charge on any atom is 0.321 e. The molecule has 0 aliphatic rings. The molecule has 2 aromatic carbocycles. The first kappa shape index (κ1) is 20.2. The van der Waals surface area contributed by atoms with Crippen LogP contribution in [0, 0.1) is 0 Å². The average molecular weight is 440 g/mol. The zero-order valence-corrected chi connectivity index (χ0v) is 16.2. The summed E-state index contributed by atoms with van der Waals surface area (Å²) < 4.78 is 37.0.